The van der Waals surface area contributed by atoms with Crippen LogP contribution in [0.25, 0.3) is 104 Å². The maximum atomic E-state index is 5.17. The third-order valence-electron chi connectivity index (χ3n) is 12.7. The molecule has 4 heterocycles. The van der Waals surface area contributed by atoms with E-state index in [2.05, 4.69) is 204 Å². The van der Waals surface area contributed by atoms with E-state index in [1.54, 1.807) is 0 Å². The lowest BCUT2D eigenvalue weighted by molar-refractivity contribution is 0.933. The van der Waals surface area contributed by atoms with Crippen LogP contribution in [-0.2, 0) is 0 Å². The molecule has 3 aromatic heterocycles. The largest absolute Gasteiger partial charge is 0.374 e. The lowest BCUT2D eigenvalue weighted by Gasteiger charge is -2.31. The summed E-state index contributed by atoms with van der Waals surface area (Å²) in [6.45, 7) is 0. The molecule has 0 saturated carbocycles. The van der Waals surface area contributed by atoms with Gasteiger partial charge < -0.3 is 9.88 Å². The monoisotopic (exact) mass is 835 g/mol. The first-order chi connectivity index (χ1) is 31.7. The van der Waals surface area contributed by atoms with Crippen LogP contribution in [0, 0.1) is 0 Å². The van der Waals surface area contributed by atoms with Crippen molar-refractivity contribution >= 4 is 59.0 Å². The fourth-order valence-corrected chi connectivity index (χ4v) is 10.8. The van der Waals surface area contributed by atoms with Gasteiger partial charge in [0.15, 0.2) is 17.5 Å². The lowest BCUT2D eigenvalue weighted by atomic mass is 9.83. The first kappa shape index (κ1) is 36.5. The average molecular weight is 836 g/mol. The molecule has 1 atom stereocenters. The van der Waals surface area contributed by atoms with E-state index >= 15 is 0 Å². The highest BCUT2D eigenvalue weighted by molar-refractivity contribution is 7.26. The van der Waals surface area contributed by atoms with E-state index < -0.39 is 0 Å². The van der Waals surface area contributed by atoms with E-state index in [-0.39, 0.29) is 6.04 Å². The van der Waals surface area contributed by atoms with Crippen LogP contribution >= 0.6 is 11.3 Å². The number of para-hydroxylation sites is 2. The fraction of sp³-hybridized carbons (Fsp3) is 0.0172. The van der Waals surface area contributed by atoms with Gasteiger partial charge in [0.25, 0.3) is 0 Å². The molecule has 300 valence electrons. The van der Waals surface area contributed by atoms with Crippen molar-refractivity contribution in [1.82, 2.24) is 19.5 Å². The van der Waals surface area contributed by atoms with Gasteiger partial charge in [0.2, 0.25) is 0 Å². The first-order valence-electron chi connectivity index (χ1n) is 21.6. The van der Waals surface area contributed by atoms with Crippen LogP contribution in [0.15, 0.2) is 212 Å². The van der Waals surface area contributed by atoms with E-state index in [1.165, 1.54) is 47.8 Å². The van der Waals surface area contributed by atoms with Gasteiger partial charge in [0.05, 0.1) is 17.1 Å². The van der Waals surface area contributed by atoms with Crippen LogP contribution in [-0.4, -0.2) is 19.5 Å². The van der Waals surface area contributed by atoms with Crippen LogP contribution in [0.4, 0.5) is 5.69 Å². The molecular weight excluding hydrogens is 799 g/mol. The maximum Gasteiger partial charge on any atom is 0.164 e. The molecule has 0 fully saturated rings. The summed E-state index contributed by atoms with van der Waals surface area (Å²) in [4.78, 5) is 15.4. The van der Waals surface area contributed by atoms with Crippen molar-refractivity contribution in [3.8, 4) is 62.1 Å². The zero-order valence-corrected chi connectivity index (χ0v) is 35.3. The highest BCUT2D eigenvalue weighted by atomic mass is 32.1. The summed E-state index contributed by atoms with van der Waals surface area (Å²) in [6.07, 6.45) is 0. The summed E-state index contributed by atoms with van der Waals surface area (Å²) in [6, 6.07) is 75.6. The van der Waals surface area contributed by atoms with Crippen molar-refractivity contribution in [3.63, 3.8) is 0 Å². The van der Waals surface area contributed by atoms with Crippen molar-refractivity contribution in [2.75, 3.05) is 5.32 Å². The van der Waals surface area contributed by atoms with E-state index in [9.17, 15) is 0 Å². The molecule has 1 aliphatic heterocycles. The Morgan fingerprint density at radius 2 is 1.02 bits per heavy atom. The number of anilines is 1. The molecule has 1 unspecified atom stereocenters. The predicted octanol–water partition coefficient (Wildman–Crippen LogP) is 15.2. The first-order valence-corrected chi connectivity index (χ1v) is 22.4. The summed E-state index contributed by atoms with van der Waals surface area (Å²) in [5.74, 6) is 1.90. The standard InChI is InChI=1S/C58H37N5S/c1-4-14-37(15-5-1)55-46-31-33-52-54(45-21-11-13-23-51(45)64-52)53(46)44-30-28-40(35-48(44)59-55)36-24-26-39(27-25-36)57-60-56(38-16-6-2-7-17-38)61-58(62-57)41-29-32-50-47(34-41)43-20-10-12-22-49(43)63(50)42-18-8-3-9-19-42/h1-35,55,59H. The Kier molecular flexibility index (Phi) is 8.39. The van der Waals surface area contributed by atoms with Crippen LogP contribution in [0.1, 0.15) is 17.2 Å². The molecule has 0 radical (unpaired) electrons. The third kappa shape index (κ3) is 5.95. The Balaban J connectivity index is 0.905. The minimum absolute atomic E-state index is 0.0180. The molecule has 13 rings (SSSR count). The highest BCUT2D eigenvalue weighted by Crippen LogP contribution is 2.50. The molecule has 0 bridgehead atoms. The molecule has 1 aliphatic rings. The van der Waals surface area contributed by atoms with Crippen LogP contribution in [0.5, 0.6) is 0 Å². The molecular formula is C58H37N5S. The zero-order valence-electron chi connectivity index (χ0n) is 34.5. The normalized spacial score (nSPS) is 13.3. The number of aromatic nitrogens is 4. The number of hydrogen-bond donors (Lipinski definition) is 1. The number of rotatable bonds is 6. The van der Waals surface area contributed by atoms with Crippen molar-refractivity contribution < 1.29 is 0 Å². The number of thiophene rings is 1. The fourth-order valence-electron chi connectivity index (χ4n) is 9.70. The molecule has 0 saturated heterocycles. The highest BCUT2D eigenvalue weighted by Gasteiger charge is 2.29. The van der Waals surface area contributed by atoms with Gasteiger partial charge in [0, 0.05) is 64.6 Å². The quantitative estimate of drug-likeness (QED) is 0.181. The summed E-state index contributed by atoms with van der Waals surface area (Å²) >= 11 is 1.87. The second-order valence-electron chi connectivity index (χ2n) is 16.4. The predicted molar refractivity (Wildman–Crippen MR) is 266 cm³/mol. The number of fused-ring (bicyclic) bond motifs is 10. The molecule has 9 aromatic carbocycles. The van der Waals surface area contributed by atoms with Crippen molar-refractivity contribution in [3.05, 3.63) is 223 Å². The molecule has 0 amide bonds. The Labute approximate surface area is 373 Å². The molecule has 0 aliphatic carbocycles. The number of hydrogen-bond acceptors (Lipinski definition) is 5. The van der Waals surface area contributed by atoms with Gasteiger partial charge in [-0.1, -0.05) is 158 Å². The summed E-state index contributed by atoms with van der Waals surface area (Å²) < 4.78 is 4.95. The van der Waals surface area contributed by atoms with Gasteiger partial charge in [-0.3, -0.25) is 0 Å². The Morgan fingerprint density at radius 3 is 1.80 bits per heavy atom. The van der Waals surface area contributed by atoms with Crippen molar-refractivity contribution in [2.45, 2.75) is 6.04 Å². The second-order valence-corrected chi connectivity index (χ2v) is 17.5. The molecule has 12 aromatic rings. The van der Waals surface area contributed by atoms with Gasteiger partial charge in [0.1, 0.15) is 0 Å². The third-order valence-corrected chi connectivity index (χ3v) is 13.8. The average Bonchev–Trinajstić information content (AvgIpc) is 3.92. The van der Waals surface area contributed by atoms with Gasteiger partial charge in [-0.05, 0) is 82.4 Å². The molecule has 6 heteroatoms. The van der Waals surface area contributed by atoms with Gasteiger partial charge in [-0.2, -0.15) is 0 Å². The molecule has 5 nitrogen and oxygen atoms in total. The SMILES string of the molecule is c1ccc(-c2nc(-c3ccc(-c4ccc5c(c4)NC(c4ccccc4)c4ccc6sc7ccccc7c6c4-5)cc3)nc(-c3ccc4c(c3)c3ccccc3n4-c3ccccc3)n2)cc1. The van der Waals surface area contributed by atoms with Crippen molar-refractivity contribution in [2.24, 2.45) is 0 Å². The van der Waals surface area contributed by atoms with Crippen LogP contribution < -0.4 is 5.32 Å². The van der Waals surface area contributed by atoms with E-state index in [0.717, 1.165) is 55.6 Å². The lowest BCUT2D eigenvalue weighted by Crippen LogP contribution is -2.18. The Bertz CT molecular complexity index is 3740. The Morgan fingerprint density at radius 1 is 0.422 bits per heavy atom. The van der Waals surface area contributed by atoms with E-state index in [1.807, 2.05) is 29.5 Å². The van der Waals surface area contributed by atoms with Crippen LogP contribution in [0.2, 0.25) is 0 Å². The smallest absolute Gasteiger partial charge is 0.164 e. The molecule has 0 spiro atoms. The summed E-state index contributed by atoms with van der Waals surface area (Å²) in [7, 11) is 0. The number of nitrogens with zero attached hydrogens (tertiary/aromatic N) is 4. The van der Waals surface area contributed by atoms with Gasteiger partial charge in [-0.15, -0.1) is 11.3 Å². The van der Waals surface area contributed by atoms with Crippen LogP contribution in [0.3, 0.4) is 0 Å². The van der Waals surface area contributed by atoms with E-state index in [4.69, 9.17) is 15.0 Å². The molecule has 64 heavy (non-hydrogen) atoms. The van der Waals surface area contributed by atoms with E-state index in [0.29, 0.717) is 17.5 Å². The summed E-state index contributed by atoms with van der Waals surface area (Å²) in [5, 5.41) is 8.95. The zero-order chi connectivity index (χ0) is 42.1. The Hall–Kier alpha value is -8.19. The number of nitrogens with one attached hydrogen (secondary N) is 1. The van der Waals surface area contributed by atoms with Gasteiger partial charge in [-0.25, -0.2) is 15.0 Å². The number of benzene rings is 9. The van der Waals surface area contributed by atoms with Gasteiger partial charge >= 0.3 is 0 Å². The van der Waals surface area contributed by atoms with Crippen molar-refractivity contribution in [1.29, 1.82) is 0 Å². The minimum Gasteiger partial charge on any atom is -0.374 e. The maximum absolute atomic E-state index is 5.17. The second kappa shape index (κ2) is 14.7. The summed E-state index contributed by atoms with van der Waals surface area (Å²) in [5.41, 5.74) is 14.7. The molecule has 1 N–H and O–H groups in total. The minimum atomic E-state index is 0.0180. The topological polar surface area (TPSA) is 55.6 Å².